The molecule has 0 spiro atoms. The van der Waals surface area contributed by atoms with Crippen LogP contribution in [0.15, 0.2) is 35.8 Å². The summed E-state index contributed by atoms with van der Waals surface area (Å²) in [6, 6.07) is 0. The molecule has 0 rings (SSSR count). The lowest BCUT2D eigenvalue weighted by Crippen LogP contribution is -2.23. The number of rotatable bonds is 5. The van der Waals surface area contributed by atoms with E-state index in [0.29, 0.717) is 17.9 Å². The number of carbonyl (C=O) groups excluding carboxylic acids is 1. The minimum absolute atomic E-state index is 0.279. The molecular weight excluding hydrogens is 192 g/mol. The molecule has 0 aliphatic carbocycles. The molecule has 4 nitrogen and oxygen atoms in total. The van der Waals surface area contributed by atoms with Crippen LogP contribution in [0.5, 0.6) is 0 Å². The fourth-order valence-electron chi connectivity index (χ4n) is 0.981. The van der Waals surface area contributed by atoms with Crippen molar-refractivity contribution >= 4 is 5.91 Å². The Hall–Kier alpha value is -1.71. The molecular formula is C11H18N2O2. The zero-order valence-electron chi connectivity index (χ0n) is 9.46. The van der Waals surface area contributed by atoms with Gasteiger partial charge in [0.25, 0.3) is 5.91 Å². The highest BCUT2D eigenvalue weighted by atomic mass is 16.5. The number of nitrogens with two attached hydrogens (primary N) is 1. The summed E-state index contributed by atoms with van der Waals surface area (Å²) in [6.45, 7) is 7.84. The maximum atomic E-state index is 11.4. The summed E-state index contributed by atoms with van der Waals surface area (Å²) in [5.74, 6) is 0.158. The first kappa shape index (κ1) is 13.3. The van der Waals surface area contributed by atoms with Gasteiger partial charge in [-0.3, -0.25) is 4.79 Å². The van der Waals surface area contributed by atoms with Gasteiger partial charge in [0.05, 0.1) is 12.2 Å². The summed E-state index contributed by atoms with van der Waals surface area (Å²) >= 11 is 0. The summed E-state index contributed by atoms with van der Waals surface area (Å²) in [6.07, 6.45) is 2.90. The topological polar surface area (TPSA) is 64.3 Å². The van der Waals surface area contributed by atoms with Gasteiger partial charge in [0.2, 0.25) is 0 Å². The van der Waals surface area contributed by atoms with Crippen LogP contribution in [0.4, 0.5) is 0 Å². The highest BCUT2D eigenvalue weighted by Gasteiger charge is 2.13. The van der Waals surface area contributed by atoms with Crippen molar-refractivity contribution in [2.24, 2.45) is 5.73 Å². The molecule has 0 aliphatic rings. The van der Waals surface area contributed by atoms with Gasteiger partial charge in [0, 0.05) is 13.2 Å². The third-order valence-corrected chi connectivity index (χ3v) is 1.58. The molecule has 0 saturated carbocycles. The highest BCUT2D eigenvalue weighted by molar-refractivity contribution is 5.96. The van der Waals surface area contributed by atoms with Crippen LogP contribution >= 0.6 is 0 Å². The van der Waals surface area contributed by atoms with Crippen LogP contribution in [-0.2, 0) is 9.53 Å². The molecule has 0 aromatic carbocycles. The molecule has 0 aromatic heterocycles. The molecule has 0 radical (unpaired) electrons. The van der Waals surface area contributed by atoms with E-state index >= 15 is 0 Å². The second-order valence-corrected chi connectivity index (χ2v) is 2.95. The van der Waals surface area contributed by atoms with Crippen molar-refractivity contribution in [3.05, 3.63) is 35.8 Å². The van der Waals surface area contributed by atoms with Crippen LogP contribution in [0.2, 0.25) is 0 Å². The maximum Gasteiger partial charge on any atom is 0.256 e. The number of amides is 1. The summed E-state index contributed by atoms with van der Waals surface area (Å²) in [5, 5.41) is 2.49. The van der Waals surface area contributed by atoms with Crippen LogP contribution in [0.25, 0.3) is 0 Å². The molecule has 0 fully saturated rings. The summed E-state index contributed by atoms with van der Waals surface area (Å²) < 4.78 is 5.32. The van der Waals surface area contributed by atoms with Crippen LogP contribution in [0.3, 0.4) is 0 Å². The first-order valence-electron chi connectivity index (χ1n) is 4.71. The van der Waals surface area contributed by atoms with Gasteiger partial charge in [0.15, 0.2) is 0 Å². The third kappa shape index (κ3) is 4.35. The number of hydrogen-bond acceptors (Lipinski definition) is 3. The standard InChI is InChI=1S/C11H18N2O2/c1-5-15-10(6-8(2)3)9(7-12)11(14)13-4/h6-7H,2,5,12H2,1,3-4H3,(H,13,14)/b9-7+,10-6+. The Morgan fingerprint density at radius 1 is 1.60 bits per heavy atom. The van der Waals surface area contributed by atoms with E-state index in [1.807, 2.05) is 13.8 Å². The Morgan fingerprint density at radius 2 is 2.20 bits per heavy atom. The number of carbonyl (C=O) groups is 1. The van der Waals surface area contributed by atoms with Crippen LogP contribution in [0, 0.1) is 0 Å². The predicted molar refractivity (Wildman–Crippen MR) is 60.9 cm³/mol. The first-order chi connectivity index (χ1) is 7.06. The van der Waals surface area contributed by atoms with Crippen molar-refractivity contribution in [3.8, 4) is 0 Å². The lowest BCUT2D eigenvalue weighted by molar-refractivity contribution is -0.117. The van der Waals surface area contributed by atoms with Crippen LogP contribution in [-0.4, -0.2) is 19.6 Å². The Kier molecular flexibility index (Phi) is 5.94. The SMILES string of the molecule is C=C(C)/C=C(OCC)\C(=C/N)C(=O)NC. The van der Waals surface area contributed by atoms with Gasteiger partial charge in [-0.05, 0) is 19.9 Å². The molecule has 3 N–H and O–H groups in total. The van der Waals surface area contributed by atoms with E-state index in [9.17, 15) is 4.79 Å². The van der Waals surface area contributed by atoms with Crippen molar-refractivity contribution < 1.29 is 9.53 Å². The molecule has 0 bridgehead atoms. The second kappa shape index (κ2) is 6.70. The van der Waals surface area contributed by atoms with Gasteiger partial charge in [-0.25, -0.2) is 0 Å². The fourth-order valence-corrected chi connectivity index (χ4v) is 0.981. The summed E-state index contributed by atoms with van der Waals surface area (Å²) in [4.78, 5) is 11.4. The Morgan fingerprint density at radius 3 is 2.53 bits per heavy atom. The average molecular weight is 210 g/mol. The molecule has 4 heteroatoms. The summed E-state index contributed by atoms with van der Waals surface area (Å²) in [7, 11) is 1.54. The van der Waals surface area contributed by atoms with Gasteiger partial charge < -0.3 is 15.8 Å². The maximum absolute atomic E-state index is 11.4. The van der Waals surface area contributed by atoms with E-state index < -0.39 is 0 Å². The van der Waals surface area contributed by atoms with Gasteiger partial charge in [-0.2, -0.15) is 0 Å². The normalized spacial score (nSPS) is 12.2. The van der Waals surface area contributed by atoms with Crippen molar-refractivity contribution in [2.75, 3.05) is 13.7 Å². The fraction of sp³-hybridized carbons (Fsp3) is 0.364. The number of hydrogen-bond donors (Lipinski definition) is 2. The molecule has 0 heterocycles. The average Bonchev–Trinajstić information content (AvgIpc) is 2.18. The number of likely N-dealkylation sites (N-methyl/N-ethyl adjacent to an activating group) is 1. The van der Waals surface area contributed by atoms with E-state index in [0.717, 1.165) is 5.57 Å². The smallest absolute Gasteiger partial charge is 0.256 e. The quantitative estimate of drug-likeness (QED) is 0.405. The van der Waals surface area contributed by atoms with Gasteiger partial charge in [-0.1, -0.05) is 12.2 Å². The van der Waals surface area contributed by atoms with Gasteiger partial charge in [-0.15, -0.1) is 0 Å². The van der Waals surface area contributed by atoms with E-state index in [1.165, 1.54) is 13.2 Å². The third-order valence-electron chi connectivity index (χ3n) is 1.58. The van der Waals surface area contributed by atoms with E-state index in [4.69, 9.17) is 10.5 Å². The second-order valence-electron chi connectivity index (χ2n) is 2.95. The van der Waals surface area contributed by atoms with E-state index in [1.54, 1.807) is 6.08 Å². The molecule has 0 saturated heterocycles. The lowest BCUT2D eigenvalue weighted by Gasteiger charge is -2.11. The monoisotopic (exact) mass is 210 g/mol. The molecule has 0 unspecified atom stereocenters. The summed E-state index contributed by atoms with van der Waals surface area (Å²) in [5.41, 5.74) is 6.48. The van der Waals surface area contributed by atoms with Crippen molar-refractivity contribution in [2.45, 2.75) is 13.8 Å². The lowest BCUT2D eigenvalue weighted by atomic mass is 10.1. The Labute approximate surface area is 90.5 Å². The highest BCUT2D eigenvalue weighted by Crippen LogP contribution is 2.13. The largest absolute Gasteiger partial charge is 0.493 e. The minimum atomic E-state index is -0.279. The molecule has 15 heavy (non-hydrogen) atoms. The van der Waals surface area contributed by atoms with Crippen molar-refractivity contribution in [1.82, 2.24) is 5.32 Å². The van der Waals surface area contributed by atoms with Crippen molar-refractivity contribution in [1.29, 1.82) is 0 Å². The molecule has 0 aromatic rings. The van der Waals surface area contributed by atoms with E-state index in [2.05, 4.69) is 11.9 Å². The van der Waals surface area contributed by atoms with E-state index in [-0.39, 0.29) is 5.91 Å². The molecule has 0 aliphatic heterocycles. The van der Waals surface area contributed by atoms with Gasteiger partial charge in [0.1, 0.15) is 5.76 Å². The zero-order valence-corrected chi connectivity index (χ0v) is 9.46. The van der Waals surface area contributed by atoms with Crippen LogP contribution < -0.4 is 11.1 Å². The number of ether oxygens (including phenoxy) is 1. The first-order valence-corrected chi connectivity index (χ1v) is 4.71. The minimum Gasteiger partial charge on any atom is -0.493 e. The number of nitrogens with one attached hydrogen (secondary N) is 1. The number of allylic oxidation sites excluding steroid dienone is 2. The van der Waals surface area contributed by atoms with Crippen LogP contribution in [0.1, 0.15) is 13.8 Å². The van der Waals surface area contributed by atoms with Gasteiger partial charge >= 0.3 is 0 Å². The Balaban J connectivity index is 5.05. The molecule has 0 atom stereocenters. The Bertz CT molecular complexity index is 304. The molecule has 1 amide bonds. The zero-order chi connectivity index (χ0) is 11.8. The molecule has 84 valence electrons. The van der Waals surface area contributed by atoms with Crippen molar-refractivity contribution in [3.63, 3.8) is 0 Å². The predicted octanol–water partition coefficient (Wildman–Crippen LogP) is 1.07.